The van der Waals surface area contributed by atoms with Gasteiger partial charge in [0.2, 0.25) is 0 Å². The van der Waals surface area contributed by atoms with Crippen molar-refractivity contribution in [3.05, 3.63) is 194 Å². The van der Waals surface area contributed by atoms with E-state index in [1.54, 1.807) is 0 Å². The second-order valence-electron chi connectivity index (χ2n) is 37.1. The first-order valence-electron chi connectivity index (χ1n) is 44.8. The maximum Gasteiger partial charge on any atom is 0.377 e. The molecule has 17 nitrogen and oxygen atoms in total. The molecule has 0 radical (unpaired) electrons. The Morgan fingerprint density at radius 1 is 0.397 bits per heavy atom. The monoisotopic (exact) mass is 1780 g/mol. The molecule has 12 saturated carbocycles. The second-order valence-corrected chi connectivity index (χ2v) is 41.1. The fourth-order valence-corrected chi connectivity index (χ4v) is 28.4. The Bertz CT molecular complexity index is 5140. The highest BCUT2D eigenvalue weighted by molar-refractivity contribution is 7.50. The van der Waals surface area contributed by atoms with Gasteiger partial charge in [-0.15, -0.1) is 0 Å². The average molecular weight is 1780 g/mol. The molecule has 24 heteroatoms. The van der Waals surface area contributed by atoms with E-state index >= 15 is 0 Å². The van der Waals surface area contributed by atoms with Gasteiger partial charge in [0, 0.05) is 104 Å². The van der Waals surface area contributed by atoms with Gasteiger partial charge in [0.05, 0.1) is 11.8 Å². The first-order valence-corrected chi connectivity index (χ1v) is 47.2. The van der Waals surface area contributed by atoms with E-state index < -0.39 is 48.2 Å². The number of alkyl halides is 4. The van der Waals surface area contributed by atoms with Crippen molar-refractivity contribution in [2.24, 2.45) is 82.9 Å². The lowest BCUT2D eigenvalue weighted by atomic mass is 9.50. The van der Waals surface area contributed by atoms with Gasteiger partial charge in [0.25, 0.3) is 0 Å². The van der Waals surface area contributed by atoms with Crippen molar-refractivity contribution in [2.75, 3.05) is 32.8 Å². The molecule has 126 heavy (non-hydrogen) atoms. The molecule has 2 saturated heterocycles. The zero-order valence-electron chi connectivity index (χ0n) is 72.0. The number of esters is 6. The number of rotatable bonds is 21. The van der Waals surface area contributed by atoms with Crippen LogP contribution in [0.15, 0.2) is 194 Å². The van der Waals surface area contributed by atoms with Gasteiger partial charge in [-0.2, -0.15) is 17.6 Å². The maximum atomic E-state index is 12.8. The van der Waals surface area contributed by atoms with Crippen molar-refractivity contribution in [1.29, 1.82) is 0 Å². The summed E-state index contributed by atoms with van der Waals surface area (Å²) < 4.78 is 113. The maximum absolute atomic E-state index is 12.8. The van der Waals surface area contributed by atoms with Crippen LogP contribution < -0.4 is 31.4 Å². The van der Waals surface area contributed by atoms with Gasteiger partial charge in [0.1, 0.15) is 70.1 Å². The van der Waals surface area contributed by atoms with Gasteiger partial charge in [-0.1, -0.05) is 69.3 Å². The molecule has 24 rings (SSSR count). The number of halogens is 5. The summed E-state index contributed by atoms with van der Waals surface area (Å²) in [6, 6.07) is 66.5. The molecule has 10 unspecified atom stereocenters. The van der Waals surface area contributed by atoms with E-state index in [1.807, 2.05) is 72.8 Å². The number of carbonyl (C=O) groups excluding carboxylic acids is 6. The minimum atomic E-state index is -3.50. The SMILES string of the molecule is CC(F)(F)C(=O)OC1C2CC3C(=O)OC1C3C2.CC(F)(F)C(=O)OC1C2CC3C(=O)OC1C3C2.CC1(OC(=O)COc2ccc(Oc3ccc(-[s+]4c5ccccc5c5ccccc54)cc3)cc2)C2CC3CC(C2)CC1C3.CC1(OC(=O)COc2ccc(Oc3ccc(-[s+]4c5ccccc5c5ccccc54)cc3)cc2)C2CC3CC(C2)CC1C3.CCN(CC)CC.[Cl-]. The molecule has 4 heterocycles. The Hall–Kier alpha value is -9.81. The van der Waals surface area contributed by atoms with E-state index in [0.29, 0.717) is 61.9 Å². The van der Waals surface area contributed by atoms with Crippen molar-refractivity contribution in [3.8, 4) is 44.3 Å². The Labute approximate surface area is 743 Å². The van der Waals surface area contributed by atoms with Crippen LogP contribution in [0.2, 0.25) is 0 Å². The van der Waals surface area contributed by atoms with Gasteiger partial charge in [-0.3, -0.25) is 9.59 Å². The highest BCUT2D eigenvalue weighted by Crippen LogP contribution is 2.63. The van der Waals surface area contributed by atoms with Crippen LogP contribution in [0.25, 0.3) is 50.1 Å². The number of carbonyl (C=O) groups is 6. The van der Waals surface area contributed by atoms with Crippen LogP contribution >= 0.6 is 20.9 Å². The van der Waals surface area contributed by atoms with E-state index in [9.17, 15) is 46.3 Å². The van der Waals surface area contributed by atoms with Crippen LogP contribution in [-0.4, -0.2) is 121 Å². The molecule has 2 aliphatic heterocycles. The van der Waals surface area contributed by atoms with Crippen LogP contribution in [-0.2, 0) is 57.2 Å². The first kappa shape index (κ1) is 88.2. The Morgan fingerprint density at radius 3 is 0.952 bits per heavy atom. The molecular formula is C102H109ClF4NO16S2+. The highest BCUT2D eigenvalue weighted by atomic mass is 35.5. The predicted molar refractivity (Wildman–Crippen MR) is 471 cm³/mol. The quantitative estimate of drug-likeness (QED) is 0.0285. The fourth-order valence-electron chi connectivity index (χ4n) is 23.6. The van der Waals surface area contributed by atoms with Crippen LogP contribution in [0, 0.1) is 82.9 Å². The Balaban J connectivity index is 0.000000124. The lowest BCUT2D eigenvalue weighted by Crippen LogP contribution is -3.00. The number of hydrogen-bond donors (Lipinski definition) is 0. The molecule has 2 aromatic heterocycles. The summed E-state index contributed by atoms with van der Waals surface area (Å²) in [5, 5.41) is 5.31. The molecule has 12 bridgehead atoms. The van der Waals surface area contributed by atoms with Crippen LogP contribution in [0.3, 0.4) is 0 Å². The summed E-state index contributed by atoms with van der Waals surface area (Å²) in [5.74, 6) is -1.59. The molecule has 14 aliphatic rings. The van der Waals surface area contributed by atoms with E-state index in [-0.39, 0.29) is 117 Å². The van der Waals surface area contributed by atoms with Crippen molar-refractivity contribution in [1.82, 2.24) is 4.90 Å². The third kappa shape index (κ3) is 17.6. The minimum absolute atomic E-state index is 0. The third-order valence-corrected chi connectivity index (χ3v) is 34.2. The standard InChI is InChI=1S/2C37H35O4S.2C11H12F2O4.C6H15N.ClH/c2*1-37(26-19-24-18-25(21-26)22-27(37)20-24)41-36(38)23-39-28-10-12-29(13-11-28)40-30-14-16-31(17-15-30)42-34-8-4-2-6-32(34)33-7-3-5-9-35(33)42;2*1-11(12,13)10(15)17-7-4-2-5-6(3-4)9(14)16-8(5)7;1-4-7(5-2)6-3;/h2*2-17,24-27H,18-23H2,1H3;2*4-8H,2-3H2,1H3;4-6H2,1-3H3;1H/q2*+1;;;;/p-1. The fraction of sp³-hybridized carbons (Fsp3) is 0.471. The van der Waals surface area contributed by atoms with Crippen LogP contribution in [0.4, 0.5) is 17.6 Å². The summed E-state index contributed by atoms with van der Waals surface area (Å²) in [6.45, 7) is 15.3. The van der Waals surface area contributed by atoms with E-state index in [4.69, 9.17) is 47.4 Å². The lowest BCUT2D eigenvalue weighted by molar-refractivity contribution is -0.205. The van der Waals surface area contributed by atoms with E-state index in [0.717, 1.165) is 59.5 Å². The smallest absolute Gasteiger partial charge is 0.377 e. The molecule has 664 valence electrons. The van der Waals surface area contributed by atoms with Gasteiger partial charge < -0.3 is 64.7 Å². The Morgan fingerprint density at radius 2 is 0.675 bits per heavy atom. The van der Waals surface area contributed by atoms with Crippen molar-refractivity contribution in [2.45, 2.75) is 186 Å². The topological polar surface area (TPSA) is 198 Å². The summed E-state index contributed by atoms with van der Waals surface area (Å²) in [7, 11) is -0.243. The zero-order valence-corrected chi connectivity index (χ0v) is 74.4. The third-order valence-electron chi connectivity index (χ3n) is 29.5. The molecule has 0 N–H and O–H groups in total. The van der Waals surface area contributed by atoms with Gasteiger partial charge >= 0.3 is 47.7 Å². The molecule has 10 aromatic rings. The van der Waals surface area contributed by atoms with Crippen LogP contribution in [0.1, 0.15) is 138 Å². The summed E-state index contributed by atoms with van der Waals surface area (Å²) in [5.41, 5.74) is -0.654. The second kappa shape index (κ2) is 36.0. The molecule has 0 spiro atoms. The number of fused-ring (bicyclic) bond motifs is 8. The number of thiophene rings is 2. The summed E-state index contributed by atoms with van der Waals surface area (Å²) >= 11 is 0. The molecule has 14 fully saturated rings. The number of hydrogen-bond acceptors (Lipinski definition) is 17. The van der Waals surface area contributed by atoms with Gasteiger partial charge in [0.15, 0.2) is 41.8 Å². The Kier molecular flexibility index (Phi) is 25.2. The van der Waals surface area contributed by atoms with Crippen molar-refractivity contribution < 1.29 is 106 Å². The predicted octanol–water partition coefficient (Wildman–Crippen LogP) is 19.9. The largest absolute Gasteiger partial charge is 1.00 e. The van der Waals surface area contributed by atoms with Crippen molar-refractivity contribution in [3.63, 3.8) is 0 Å². The first-order chi connectivity index (χ1) is 60.2. The molecular weight excluding hydrogens is 1670 g/mol. The molecule has 8 aromatic carbocycles. The number of nitrogens with zero attached hydrogens (tertiary/aromatic N) is 1. The minimum Gasteiger partial charge on any atom is -1.00 e. The average Bonchev–Trinajstić information content (AvgIpc) is 1.70. The zero-order chi connectivity index (χ0) is 87.0. The number of benzene rings is 8. The molecule has 0 amide bonds. The van der Waals surface area contributed by atoms with E-state index in [2.05, 4.69) is 161 Å². The number of ether oxygens (including phenoxy) is 10. The molecule has 12 aliphatic carbocycles. The summed E-state index contributed by atoms with van der Waals surface area (Å²) in [6.07, 6.45) is 12.8. The van der Waals surface area contributed by atoms with Crippen molar-refractivity contribution >= 4 is 97.1 Å². The van der Waals surface area contributed by atoms with Gasteiger partial charge in [-0.25, -0.2) is 19.2 Å². The van der Waals surface area contributed by atoms with Gasteiger partial charge in [-0.05, 0) is 292 Å². The highest BCUT2D eigenvalue weighted by Gasteiger charge is 2.66. The van der Waals surface area contributed by atoms with E-state index in [1.165, 1.54) is 134 Å². The van der Waals surface area contributed by atoms with Crippen LogP contribution in [0.5, 0.6) is 34.5 Å². The normalized spacial score (nSPS) is 29.5. The molecule has 10 atom stereocenters. The lowest BCUT2D eigenvalue weighted by Gasteiger charge is -2.59. The summed E-state index contributed by atoms with van der Waals surface area (Å²) in [4.78, 5) is 75.6.